The van der Waals surface area contributed by atoms with Crippen molar-refractivity contribution in [1.29, 1.82) is 0 Å². The Morgan fingerprint density at radius 2 is 2.00 bits per heavy atom. The smallest absolute Gasteiger partial charge is 0.282 e. The SMILES string of the molecule is C=CC[C@H]1CC=C[C@@H](CC=C)N1C(=O)c1ccccc1[N+](=O)[O-]. The second-order valence-electron chi connectivity index (χ2n) is 5.42. The third-order valence-corrected chi connectivity index (χ3v) is 3.93. The zero-order valence-electron chi connectivity index (χ0n) is 12.9. The molecular weight excluding hydrogens is 292 g/mol. The van der Waals surface area contributed by atoms with Crippen LogP contribution in [-0.4, -0.2) is 27.8 Å². The van der Waals surface area contributed by atoms with Gasteiger partial charge in [0.25, 0.3) is 11.6 Å². The van der Waals surface area contributed by atoms with Gasteiger partial charge in [0.05, 0.1) is 11.0 Å². The van der Waals surface area contributed by atoms with Crippen LogP contribution in [0, 0.1) is 10.1 Å². The molecule has 0 bridgehead atoms. The van der Waals surface area contributed by atoms with Crippen LogP contribution in [0.4, 0.5) is 5.69 Å². The first kappa shape index (κ1) is 16.7. The van der Waals surface area contributed by atoms with Gasteiger partial charge in [0, 0.05) is 12.1 Å². The molecule has 0 spiro atoms. The van der Waals surface area contributed by atoms with E-state index in [1.54, 1.807) is 29.2 Å². The Balaban J connectivity index is 2.43. The zero-order chi connectivity index (χ0) is 16.8. The molecule has 0 radical (unpaired) electrons. The van der Waals surface area contributed by atoms with Crippen LogP contribution in [0.3, 0.4) is 0 Å². The quantitative estimate of drug-likeness (QED) is 0.455. The summed E-state index contributed by atoms with van der Waals surface area (Å²) in [5, 5.41) is 11.2. The molecule has 23 heavy (non-hydrogen) atoms. The molecule has 1 amide bonds. The first-order valence-electron chi connectivity index (χ1n) is 7.54. The lowest BCUT2D eigenvalue weighted by molar-refractivity contribution is -0.385. The first-order chi connectivity index (χ1) is 11.1. The van der Waals surface area contributed by atoms with Gasteiger partial charge in [-0.3, -0.25) is 14.9 Å². The molecule has 1 heterocycles. The van der Waals surface area contributed by atoms with Crippen LogP contribution >= 0.6 is 0 Å². The summed E-state index contributed by atoms with van der Waals surface area (Å²) >= 11 is 0. The van der Waals surface area contributed by atoms with E-state index in [-0.39, 0.29) is 29.2 Å². The third-order valence-electron chi connectivity index (χ3n) is 3.93. The van der Waals surface area contributed by atoms with Crippen molar-refractivity contribution in [2.75, 3.05) is 0 Å². The lowest BCUT2D eigenvalue weighted by Gasteiger charge is -2.38. The number of hydrogen-bond acceptors (Lipinski definition) is 3. The van der Waals surface area contributed by atoms with Crippen LogP contribution < -0.4 is 0 Å². The van der Waals surface area contributed by atoms with E-state index in [0.717, 1.165) is 0 Å². The third kappa shape index (κ3) is 3.56. The highest BCUT2D eigenvalue weighted by atomic mass is 16.6. The van der Waals surface area contributed by atoms with Crippen LogP contribution in [0.5, 0.6) is 0 Å². The highest BCUT2D eigenvalue weighted by Crippen LogP contribution is 2.28. The van der Waals surface area contributed by atoms with Crippen molar-refractivity contribution < 1.29 is 9.72 Å². The number of carbonyl (C=O) groups excluding carboxylic acids is 1. The molecule has 0 aliphatic carbocycles. The number of rotatable bonds is 6. The van der Waals surface area contributed by atoms with Crippen LogP contribution in [0.15, 0.2) is 61.7 Å². The van der Waals surface area contributed by atoms with Crippen LogP contribution in [0.2, 0.25) is 0 Å². The minimum atomic E-state index is -0.516. The number of carbonyl (C=O) groups is 1. The highest BCUT2D eigenvalue weighted by molar-refractivity contribution is 5.98. The lowest BCUT2D eigenvalue weighted by Crippen LogP contribution is -2.48. The van der Waals surface area contributed by atoms with Crippen LogP contribution in [0.1, 0.15) is 29.6 Å². The van der Waals surface area contributed by atoms with E-state index >= 15 is 0 Å². The molecule has 1 aromatic rings. The maximum atomic E-state index is 13.0. The molecule has 1 aromatic carbocycles. The number of hydrogen-bond donors (Lipinski definition) is 0. The van der Waals surface area contributed by atoms with Crippen molar-refractivity contribution in [1.82, 2.24) is 4.90 Å². The van der Waals surface area contributed by atoms with E-state index in [9.17, 15) is 14.9 Å². The van der Waals surface area contributed by atoms with Crippen molar-refractivity contribution in [3.05, 3.63) is 77.4 Å². The summed E-state index contributed by atoms with van der Waals surface area (Å²) in [7, 11) is 0. The van der Waals surface area contributed by atoms with E-state index < -0.39 is 4.92 Å². The molecule has 5 heteroatoms. The van der Waals surface area contributed by atoms with Crippen molar-refractivity contribution >= 4 is 11.6 Å². The number of nitro groups is 1. The number of amides is 1. The summed E-state index contributed by atoms with van der Waals surface area (Å²) in [6.07, 6.45) is 9.51. The van der Waals surface area contributed by atoms with Gasteiger partial charge >= 0.3 is 0 Å². The molecule has 1 aliphatic heterocycles. The summed E-state index contributed by atoms with van der Waals surface area (Å²) in [6, 6.07) is 5.89. The fraction of sp³-hybridized carbons (Fsp3) is 0.278. The van der Waals surface area contributed by atoms with E-state index in [1.165, 1.54) is 12.1 Å². The second-order valence-corrected chi connectivity index (χ2v) is 5.42. The van der Waals surface area contributed by atoms with Crippen LogP contribution in [-0.2, 0) is 0 Å². The fourth-order valence-electron chi connectivity index (χ4n) is 2.90. The number of nitrogens with zero attached hydrogens (tertiary/aromatic N) is 2. The predicted molar refractivity (Wildman–Crippen MR) is 90.2 cm³/mol. The normalized spacial score (nSPS) is 20.1. The van der Waals surface area contributed by atoms with Gasteiger partial charge in [0.1, 0.15) is 5.56 Å². The molecule has 0 saturated heterocycles. The fourth-order valence-corrected chi connectivity index (χ4v) is 2.90. The van der Waals surface area contributed by atoms with Gasteiger partial charge in [-0.05, 0) is 25.3 Å². The van der Waals surface area contributed by atoms with Gasteiger partial charge in [-0.2, -0.15) is 0 Å². The number of para-hydroxylation sites is 1. The highest BCUT2D eigenvalue weighted by Gasteiger charge is 2.33. The average Bonchev–Trinajstić information content (AvgIpc) is 2.55. The molecular formula is C18H20N2O3. The maximum Gasteiger partial charge on any atom is 0.282 e. The minimum Gasteiger partial charge on any atom is -0.328 e. The van der Waals surface area contributed by atoms with E-state index in [4.69, 9.17) is 0 Å². The molecule has 5 nitrogen and oxygen atoms in total. The summed E-state index contributed by atoms with van der Waals surface area (Å²) < 4.78 is 0. The monoisotopic (exact) mass is 312 g/mol. The predicted octanol–water partition coefficient (Wildman–Crippen LogP) is 3.89. The standard InChI is InChI=1S/C18H20N2O3/c1-3-8-14-10-7-11-15(9-4-2)19(14)18(21)16-12-5-6-13-17(16)20(22)23/h3-7,10,12-15H,1-2,8-9,11H2/t14-,15+/m1/s1. The number of benzene rings is 1. The molecule has 2 rings (SSSR count). The van der Waals surface area contributed by atoms with Gasteiger partial charge in [-0.25, -0.2) is 0 Å². The minimum absolute atomic E-state index is 0.0465. The van der Waals surface area contributed by atoms with E-state index in [1.807, 2.05) is 12.2 Å². The van der Waals surface area contributed by atoms with Gasteiger partial charge in [0.15, 0.2) is 0 Å². The van der Waals surface area contributed by atoms with Crippen molar-refractivity contribution in [3.63, 3.8) is 0 Å². The summed E-state index contributed by atoms with van der Waals surface area (Å²) in [5.41, 5.74) is -0.0438. The van der Waals surface area contributed by atoms with Gasteiger partial charge < -0.3 is 4.90 Å². The van der Waals surface area contributed by atoms with Crippen molar-refractivity contribution in [2.45, 2.75) is 31.3 Å². The molecule has 0 aromatic heterocycles. The van der Waals surface area contributed by atoms with Crippen molar-refractivity contribution in [3.8, 4) is 0 Å². The van der Waals surface area contributed by atoms with Crippen molar-refractivity contribution in [2.24, 2.45) is 0 Å². The van der Waals surface area contributed by atoms with Gasteiger partial charge in [-0.15, -0.1) is 13.2 Å². The molecule has 2 atom stereocenters. The molecule has 1 aliphatic rings. The van der Waals surface area contributed by atoms with E-state index in [0.29, 0.717) is 19.3 Å². The first-order valence-corrected chi connectivity index (χ1v) is 7.54. The Labute approximate surface area is 135 Å². The summed E-state index contributed by atoms with van der Waals surface area (Å²) in [5.74, 6) is -0.319. The largest absolute Gasteiger partial charge is 0.328 e. The Morgan fingerprint density at radius 3 is 2.65 bits per heavy atom. The Bertz CT molecular complexity index is 651. The lowest BCUT2D eigenvalue weighted by atomic mass is 9.96. The Morgan fingerprint density at radius 1 is 1.30 bits per heavy atom. The summed E-state index contributed by atoms with van der Waals surface area (Å²) in [6.45, 7) is 7.49. The average molecular weight is 312 g/mol. The molecule has 0 fully saturated rings. The van der Waals surface area contributed by atoms with Crippen LogP contribution in [0.25, 0.3) is 0 Å². The maximum absolute atomic E-state index is 13.0. The Kier molecular flexibility index (Phi) is 5.46. The van der Waals surface area contributed by atoms with Gasteiger partial charge in [0.2, 0.25) is 0 Å². The topological polar surface area (TPSA) is 63.5 Å². The summed E-state index contributed by atoms with van der Waals surface area (Å²) in [4.78, 5) is 25.4. The number of nitro benzene ring substituents is 1. The van der Waals surface area contributed by atoms with Gasteiger partial charge in [-0.1, -0.05) is 36.4 Å². The van der Waals surface area contributed by atoms with E-state index in [2.05, 4.69) is 13.2 Å². The molecule has 0 unspecified atom stereocenters. The Hall–Kier alpha value is -2.69. The zero-order valence-corrected chi connectivity index (χ0v) is 12.9. The second kappa shape index (κ2) is 7.54. The molecule has 0 N–H and O–H groups in total. The molecule has 120 valence electrons. The molecule has 0 saturated carbocycles.